The summed E-state index contributed by atoms with van der Waals surface area (Å²) in [6.45, 7) is 0.602. The average molecular weight is 483 g/mol. The highest BCUT2D eigenvalue weighted by Crippen LogP contribution is 2.37. The van der Waals surface area contributed by atoms with E-state index in [0.29, 0.717) is 6.07 Å². The quantitative estimate of drug-likeness (QED) is 0.184. The number of nitro benzene ring substituents is 2. The molecule has 1 aromatic carbocycles. The van der Waals surface area contributed by atoms with Crippen LogP contribution in [0.5, 0.6) is 0 Å². The van der Waals surface area contributed by atoms with Crippen LogP contribution in [0.2, 0.25) is 0 Å². The van der Waals surface area contributed by atoms with Gasteiger partial charge in [-0.15, -0.1) is 11.6 Å². The number of amides is 1. The van der Waals surface area contributed by atoms with E-state index in [0.717, 1.165) is 17.2 Å². The van der Waals surface area contributed by atoms with Gasteiger partial charge in [-0.2, -0.15) is 8.42 Å². The molecule has 174 valence electrons. The lowest BCUT2D eigenvalue weighted by molar-refractivity contribution is -0.393. The Hall–Kier alpha value is -2.55. The number of hydrogen-bond acceptors (Lipinski definition) is 10. The molecule has 0 heterocycles. The number of nitro groups is 2. The second-order valence-corrected chi connectivity index (χ2v) is 8.21. The van der Waals surface area contributed by atoms with Gasteiger partial charge >= 0.3 is 0 Å². The van der Waals surface area contributed by atoms with Gasteiger partial charge in [0.2, 0.25) is 0 Å². The van der Waals surface area contributed by atoms with Crippen molar-refractivity contribution in [1.29, 1.82) is 0 Å². The van der Waals surface area contributed by atoms with Crippen LogP contribution in [0.15, 0.2) is 12.1 Å². The number of carbonyl (C=O) groups excluding carboxylic acids is 1. The molecule has 31 heavy (non-hydrogen) atoms. The van der Waals surface area contributed by atoms with E-state index in [1.807, 2.05) is 0 Å². The Morgan fingerprint density at radius 2 is 1.84 bits per heavy atom. The van der Waals surface area contributed by atoms with Gasteiger partial charge in [-0.05, 0) is 6.92 Å². The van der Waals surface area contributed by atoms with E-state index >= 15 is 0 Å². The molecular formula is C16H23ClN4O9S. The Balaban J connectivity index is 3.68. The topological polar surface area (TPSA) is 173 Å². The molecule has 0 aliphatic carbocycles. The van der Waals surface area contributed by atoms with Crippen molar-refractivity contribution in [3.8, 4) is 0 Å². The lowest BCUT2D eigenvalue weighted by Gasteiger charge is -2.27. The maximum Gasteiger partial charge on any atom is 0.300 e. The van der Waals surface area contributed by atoms with Gasteiger partial charge in [0.15, 0.2) is 0 Å². The number of rotatable bonds is 13. The van der Waals surface area contributed by atoms with Crippen LogP contribution in [0, 0.1) is 20.2 Å². The van der Waals surface area contributed by atoms with E-state index in [2.05, 4.69) is 4.18 Å². The number of anilines is 1. The number of non-ortho nitro benzene ring substituents is 1. The van der Waals surface area contributed by atoms with Gasteiger partial charge in [0.1, 0.15) is 5.69 Å². The Bertz CT molecular complexity index is 926. The minimum atomic E-state index is -3.80. The van der Waals surface area contributed by atoms with Gasteiger partial charge in [0, 0.05) is 38.1 Å². The number of benzene rings is 1. The summed E-state index contributed by atoms with van der Waals surface area (Å²) in [6.07, 6.45) is 0.830. The van der Waals surface area contributed by atoms with E-state index in [1.54, 1.807) is 6.92 Å². The first-order chi connectivity index (χ1) is 14.5. The molecule has 1 N–H and O–H groups in total. The average Bonchev–Trinajstić information content (AvgIpc) is 2.68. The van der Waals surface area contributed by atoms with Gasteiger partial charge in [-0.25, -0.2) is 0 Å². The zero-order valence-corrected chi connectivity index (χ0v) is 18.5. The normalized spacial score (nSPS) is 11.2. The monoisotopic (exact) mass is 482 g/mol. The Labute approximate surface area is 183 Å². The molecule has 0 bridgehead atoms. The number of aliphatic hydroxyl groups excluding tert-OH is 1. The minimum absolute atomic E-state index is 0.0419. The van der Waals surface area contributed by atoms with Crippen molar-refractivity contribution < 1.29 is 32.3 Å². The first kappa shape index (κ1) is 26.5. The molecule has 15 heteroatoms. The van der Waals surface area contributed by atoms with Crippen molar-refractivity contribution in [2.24, 2.45) is 0 Å². The first-order valence-electron chi connectivity index (χ1n) is 8.99. The summed E-state index contributed by atoms with van der Waals surface area (Å²) < 4.78 is 27.2. The van der Waals surface area contributed by atoms with E-state index in [-0.39, 0.29) is 49.9 Å². The van der Waals surface area contributed by atoms with Gasteiger partial charge in [-0.3, -0.25) is 29.2 Å². The highest BCUT2D eigenvalue weighted by molar-refractivity contribution is 7.85. The fourth-order valence-electron chi connectivity index (χ4n) is 2.77. The molecule has 1 rings (SSSR count). The molecule has 0 unspecified atom stereocenters. The summed E-state index contributed by atoms with van der Waals surface area (Å²) in [5, 5.41) is 32.2. The van der Waals surface area contributed by atoms with E-state index in [1.165, 1.54) is 4.90 Å². The predicted octanol–water partition coefficient (Wildman–Crippen LogP) is 0.979. The fourth-order valence-corrected chi connectivity index (χ4v) is 3.36. The van der Waals surface area contributed by atoms with E-state index < -0.39 is 43.9 Å². The number of halogens is 1. The smallest absolute Gasteiger partial charge is 0.300 e. The van der Waals surface area contributed by atoms with Crippen molar-refractivity contribution in [3.05, 3.63) is 37.9 Å². The molecular weight excluding hydrogens is 460 g/mol. The third-order valence-electron chi connectivity index (χ3n) is 4.08. The Kier molecular flexibility index (Phi) is 10.0. The number of nitrogens with zero attached hydrogens (tertiary/aromatic N) is 4. The number of alkyl halides is 1. The molecule has 0 saturated heterocycles. The molecule has 0 spiro atoms. The predicted molar refractivity (Wildman–Crippen MR) is 112 cm³/mol. The van der Waals surface area contributed by atoms with E-state index in [4.69, 9.17) is 11.6 Å². The highest BCUT2D eigenvalue weighted by atomic mass is 35.5. The van der Waals surface area contributed by atoms with Crippen molar-refractivity contribution in [1.82, 2.24) is 4.90 Å². The van der Waals surface area contributed by atoms with Crippen molar-refractivity contribution in [2.45, 2.75) is 6.92 Å². The molecule has 0 radical (unpaired) electrons. The van der Waals surface area contributed by atoms with Crippen LogP contribution in [-0.4, -0.2) is 85.7 Å². The maximum absolute atomic E-state index is 13.1. The van der Waals surface area contributed by atoms with Gasteiger partial charge in [0.25, 0.3) is 27.4 Å². The second-order valence-electron chi connectivity index (χ2n) is 6.19. The van der Waals surface area contributed by atoms with Crippen LogP contribution in [0.4, 0.5) is 17.1 Å². The zero-order valence-electron chi connectivity index (χ0n) is 16.9. The number of carbonyl (C=O) groups is 1. The number of likely N-dealkylation sites (N-methyl/N-ethyl adjacent to an activating group) is 1. The molecule has 0 saturated carbocycles. The third kappa shape index (κ3) is 7.57. The maximum atomic E-state index is 13.1. The third-order valence-corrected chi connectivity index (χ3v) is 4.84. The SMILES string of the molecule is CCN(CCO)C(=O)c1cc([N+](=O)[O-])cc([N+](=O)[O-])c1N(CCCl)CCOS(C)(=O)=O. The highest BCUT2D eigenvalue weighted by Gasteiger charge is 2.32. The van der Waals surface area contributed by atoms with Crippen LogP contribution in [0.3, 0.4) is 0 Å². The van der Waals surface area contributed by atoms with E-state index in [9.17, 15) is 38.5 Å². The standard InChI is InChI=1S/C16H23ClN4O9S/c1-3-18(6-8-22)16(23)13-10-12(20(24)25)11-14(21(26)27)15(13)19(5-4-17)7-9-30-31(2,28)29/h10-11,22H,3-9H2,1-2H3. The van der Waals surface area contributed by atoms with Crippen LogP contribution in [-0.2, 0) is 14.3 Å². The number of aliphatic hydroxyl groups is 1. The second kappa shape index (κ2) is 11.7. The summed E-state index contributed by atoms with van der Waals surface area (Å²) in [5.41, 5.74) is -1.99. The molecule has 13 nitrogen and oxygen atoms in total. The van der Waals surface area contributed by atoms with Crippen molar-refractivity contribution in [3.63, 3.8) is 0 Å². The Morgan fingerprint density at radius 1 is 1.19 bits per heavy atom. The lowest BCUT2D eigenvalue weighted by atomic mass is 10.1. The van der Waals surface area contributed by atoms with Gasteiger partial charge in [-0.1, -0.05) is 0 Å². The van der Waals surface area contributed by atoms with Crippen LogP contribution >= 0.6 is 11.6 Å². The fraction of sp³-hybridized carbons (Fsp3) is 0.562. The Morgan fingerprint density at radius 3 is 2.29 bits per heavy atom. The molecule has 0 atom stereocenters. The molecule has 1 amide bonds. The first-order valence-corrected chi connectivity index (χ1v) is 11.3. The summed E-state index contributed by atoms with van der Waals surface area (Å²) in [5.74, 6) is -0.823. The van der Waals surface area contributed by atoms with Crippen LogP contribution in [0.25, 0.3) is 0 Å². The molecule has 1 aromatic rings. The lowest BCUT2D eigenvalue weighted by Crippen LogP contribution is -2.37. The van der Waals surface area contributed by atoms with Gasteiger partial charge < -0.3 is 14.9 Å². The molecule has 0 fully saturated rings. The van der Waals surface area contributed by atoms with Crippen molar-refractivity contribution >= 4 is 44.7 Å². The minimum Gasteiger partial charge on any atom is -0.395 e. The molecule has 0 aromatic heterocycles. The largest absolute Gasteiger partial charge is 0.395 e. The summed E-state index contributed by atoms with van der Waals surface area (Å²) >= 11 is 5.79. The summed E-state index contributed by atoms with van der Waals surface area (Å²) in [6, 6.07) is 1.62. The van der Waals surface area contributed by atoms with Crippen LogP contribution < -0.4 is 4.90 Å². The van der Waals surface area contributed by atoms with Gasteiger partial charge in [0.05, 0.1) is 40.9 Å². The van der Waals surface area contributed by atoms with Crippen LogP contribution in [0.1, 0.15) is 17.3 Å². The summed E-state index contributed by atoms with van der Waals surface area (Å²) in [7, 11) is -3.80. The number of hydrogen-bond donors (Lipinski definition) is 1. The zero-order chi connectivity index (χ0) is 23.8. The van der Waals surface area contributed by atoms with Crippen molar-refractivity contribution in [2.75, 3.05) is 56.4 Å². The summed E-state index contributed by atoms with van der Waals surface area (Å²) in [4.78, 5) is 36.8. The molecule has 0 aliphatic heterocycles. The molecule has 0 aliphatic rings.